The molecule has 0 unspecified atom stereocenters. The standard InChI is InChI=1S/C22H19ClN2O3/c1-11-8-15(13(3)27-18-6-7-19(23)25-17(18)10-24)22-16(9-11)20(26)12(2)21(28-22)14-4-5-14/h6-9,13-14H,4-5H2,1-3H3/t13-/m1/s1. The first-order valence-corrected chi connectivity index (χ1v) is 9.58. The highest BCUT2D eigenvalue weighted by Gasteiger charge is 2.30. The fourth-order valence-corrected chi connectivity index (χ4v) is 3.62. The number of ether oxygens (including phenoxy) is 1. The minimum absolute atomic E-state index is 0.00572. The van der Waals surface area contributed by atoms with Crippen molar-refractivity contribution in [1.82, 2.24) is 4.98 Å². The van der Waals surface area contributed by atoms with Crippen molar-refractivity contribution in [3.05, 3.63) is 67.8 Å². The van der Waals surface area contributed by atoms with E-state index in [-0.39, 0.29) is 16.3 Å². The highest BCUT2D eigenvalue weighted by molar-refractivity contribution is 6.29. The van der Waals surface area contributed by atoms with Crippen LogP contribution < -0.4 is 10.2 Å². The summed E-state index contributed by atoms with van der Waals surface area (Å²) in [7, 11) is 0. The molecule has 6 heteroatoms. The van der Waals surface area contributed by atoms with E-state index in [1.54, 1.807) is 12.1 Å². The fourth-order valence-electron chi connectivity index (χ4n) is 3.47. The molecule has 1 aromatic carbocycles. The van der Waals surface area contributed by atoms with Crippen LogP contribution in [0.1, 0.15) is 59.9 Å². The van der Waals surface area contributed by atoms with Crippen molar-refractivity contribution < 1.29 is 9.15 Å². The highest BCUT2D eigenvalue weighted by atomic mass is 35.5. The van der Waals surface area contributed by atoms with Gasteiger partial charge in [0.2, 0.25) is 0 Å². The van der Waals surface area contributed by atoms with Gasteiger partial charge in [-0.15, -0.1) is 0 Å². The first-order valence-electron chi connectivity index (χ1n) is 9.20. The van der Waals surface area contributed by atoms with Crippen molar-refractivity contribution in [3.63, 3.8) is 0 Å². The average molecular weight is 395 g/mol. The number of aromatic nitrogens is 1. The Kier molecular flexibility index (Phi) is 4.60. The Labute approximate surface area is 167 Å². The van der Waals surface area contributed by atoms with Gasteiger partial charge in [-0.1, -0.05) is 11.6 Å². The molecule has 1 saturated carbocycles. The molecule has 0 amide bonds. The van der Waals surface area contributed by atoms with Crippen LogP contribution in [-0.2, 0) is 0 Å². The summed E-state index contributed by atoms with van der Waals surface area (Å²) in [5, 5.41) is 10.1. The molecular formula is C22H19ClN2O3. The summed E-state index contributed by atoms with van der Waals surface area (Å²) in [5.74, 6) is 1.44. The first kappa shape index (κ1) is 18.5. The quantitative estimate of drug-likeness (QED) is 0.557. The summed E-state index contributed by atoms with van der Waals surface area (Å²) in [6.07, 6.45) is 1.64. The van der Waals surface area contributed by atoms with E-state index in [0.29, 0.717) is 28.2 Å². The topological polar surface area (TPSA) is 76.1 Å². The number of nitrogens with zero attached hydrogens (tertiary/aromatic N) is 2. The van der Waals surface area contributed by atoms with Gasteiger partial charge in [-0.3, -0.25) is 4.79 Å². The van der Waals surface area contributed by atoms with E-state index in [0.717, 1.165) is 29.7 Å². The molecule has 3 aromatic rings. The molecule has 1 fully saturated rings. The molecule has 1 aliphatic rings. The van der Waals surface area contributed by atoms with Gasteiger partial charge >= 0.3 is 0 Å². The van der Waals surface area contributed by atoms with E-state index in [4.69, 9.17) is 20.8 Å². The van der Waals surface area contributed by atoms with Crippen LogP contribution >= 0.6 is 11.6 Å². The number of fused-ring (bicyclic) bond motifs is 1. The second-order valence-electron chi connectivity index (χ2n) is 7.28. The van der Waals surface area contributed by atoms with Crippen LogP contribution in [0.25, 0.3) is 11.0 Å². The lowest BCUT2D eigenvalue weighted by atomic mass is 10.0. The van der Waals surface area contributed by atoms with Crippen LogP contribution in [0.3, 0.4) is 0 Å². The molecule has 0 N–H and O–H groups in total. The van der Waals surface area contributed by atoms with Crippen LogP contribution in [0.4, 0.5) is 0 Å². The number of rotatable bonds is 4. The van der Waals surface area contributed by atoms with Crippen molar-refractivity contribution in [3.8, 4) is 11.8 Å². The minimum atomic E-state index is -0.449. The van der Waals surface area contributed by atoms with Crippen molar-refractivity contribution in [2.75, 3.05) is 0 Å². The van der Waals surface area contributed by atoms with Crippen molar-refractivity contribution in [1.29, 1.82) is 5.26 Å². The highest BCUT2D eigenvalue weighted by Crippen LogP contribution is 2.42. The maximum Gasteiger partial charge on any atom is 0.195 e. The second-order valence-corrected chi connectivity index (χ2v) is 7.67. The van der Waals surface area contributed by atoms with E-state index in [1.807, 2.05) is 39.0 Å². The Hall–Kier alpha value is -2.84. The van der Waals surface area contributed by atoms with E-state index >= 15 is 0 Å². The summed E-state index contributed by atoms with van der Waals surface area (Å²) < 4.78 is 12.3. The predicted molar refractivity (Wildman–Crippen MR) is 107 cm³/mol. The molecule has 142 valence electrons. The number of nitriles is 1. The van der Waals surface area contributed by atoms with Gasteiger partial charge in [0.15, 0.2) is 16.9 Å². The average Bonchev–Trinajstić information content (AvgIpc) is 3.50. The number of aryl methyl sites for hydroxylation is 1. The van der Waals surface area contributed by atoms with Crippen molar-refractivity contribution in [2.45, 2.75) is 45.6 Å². The zero-order valence-corrected chi connectivity index (χ0v) is 16.6. The summed E-state index contributed by atoms with van der Waals surface area (Å²) in [4.78, 5) is 16.9. The molecule has 0 bridgehead atoms. The number of benzene rings is 1. The molecule has 2 aromatic heterocycles. The summed E-state index contributed by atoms with van der Waals surface area (Å²) >= 11 is 5.87. The number of halogens is 1. The van der Waals surface area contributed by atoms with Gasteiger partial charge in [0.25, 0.3) is 0 Å². The third kappa shape index (κ3) is 3.25. The van der Waals surface area contributed by atoms with Crippen LogP contribution in [0.15, 0.2) is 33.5 Å². The van der Waals surface area contributed by atoms with E-state index in [2.05, 4.69) is 4.98 Å². The van der Waals surface area contributed by atoms with Crippen LogP contribution in [0, 0.1) is 25.2 Å². The second kappa shape index (κ2) is 6.96. The molecular weight excluding hydrogens is 376 g/mol. The number of pyridine rings is 1. The Morgan fingerprint density at radius 2 is 2.07 bits per heavy atom. The summed E-state index contributed by atoms with van der Waals surface area (Å²) in [6.45, 7) is 5.63. The molecule has 1 atom stereocenters. The van der Waals surface area contributed by atoms with Gasteiger partial charge in [0, 0.05) is 17.0 Å². The van der Waals surface area contributed by atoms with Crippen LogP contribution in [-0.4, -0.2) is 4.98 Å². The van der Waals surface area contributed by atoms with E-state index in [1.165, 1.54) is 0 Å². The minimum Gasteiger partial charge on any atom is -0.483 e. The van der Waals surface area contributed by atoms with Gasteiger partial charge in [-0.25, -0.2) is 4.98 Å². The Morgan fingerprint density at radius 1 is 1.32 bits per heavy atom. The van der Waals surface area contributed by atoms with Crippen LogP contribution in [0.2, 0.25) is 5.15 Å². The fraction of sp³-hybridized carbons (Fsp3) is 0.318. The molecule has 0 radical (unpaired) electrons. The summed E-state index contributed by atoms with van der Waals surface area (Å²) in [5.41, 5.74) is 3.08. The molecule has 5 nitrogen and oxygen atoms in total. The SMILES string of the molecule is Cc1cc([C@@H](C)Oc2ccc(Cl)nc2C#N)c2oc(C3CC3)c(C)c(=O)c2c1. The van der Waals surface area contributed by atoms with Gasteiger partial charge in [-0.2, -0.15) is 5.26 Å². The smallest absolute Gasteiger partial charge is 0.195 e. The van der Waals surface area contributed by atoms with Gasteiger partial charge in [-0.05, 0) is 63.4 Å². The Bertz CT molecular complexity index is 1190. The first-order chi connectivity index (χ1) is 13.4. The Morgan fingerprint density at radius 3 is 2.75 bits per heavy atom. The molecule has 0 spiro atoms. The molecule has 0 saturated heterocycles. The third-order valence-corrected chi connectivity index (χ3v) is 5.26. The lowest BCUT2D eigenvalue weighted by Gasteiger charge is -2.18. The van der Waals surface area contributed by atoms with E-state index in [9.17, 15) is 10.1 Å². The zero-order valence-electron chi connectivity index (χ0n) is 15.9. The normalized spacial score (nSPS) is 14.7. The third-order valence-electron chi connectivity index (χ3n) is 5.05. The Balaban J connectivity index is 1.84. The molecule has 0 aliphatic heterocycles. The molecule has 2 heterocycles. The number of hydrogen-bond acceptors (Lipinski definition) is 5. The number of hydrogen-bond donors (Lipinski definition) is 0. The lowest BCUT2D eigenvalue weighted by Crippen LogP contribution is -2.12. The molecule has 4 rings (SSSR count). The molecule has 1 aliphatic carbocycles. The van der Waals surface area contributed by atoms with Crippen molar-refractivity contribution in [2.24, 2.45) is 0 Å². The molecule has 28 heavy (non-hydrogen) atoms. The van der Waals surface area contributed by atoms with E-state index < -0.39 is 6.10 Å². The maximum absolute atomic E-state index is 12.9. The predicted octanol–water partition coefficient (Wildman–Crippen LogP) is 5.35. The van der Waals surface area contributed by atoms with Crippen molar-refractivity contribution >= 4 is 22.6 Å². The monoisotopic (exact) mass is 394 g/mol. The van der Waals surface area contributed by atoms with Gasteiger partial charge in [0.1, 0.15) is 28.7 Å². The summed E-state index contributed by atoms with van der Waals surface area (Å²) in [6, 6.07) is 9.01. The largest absolute Gasteiger partial charge is 0.483 e. The van der Waals surface area contributed by atoms with Gasteiger partial charge in [0.05, 0.1) is 5.39 Å². The van der Waals surface area contributed by atoms with Crippen LogP contribution in [0.5, 0.6) is 5.75 Å². The zero-order chi connectivity index (χ0) is 20.0. The maximum atomic E-state index is 12.9. The van der Waals surface area contributed by atoms with Gasteiger partial charge < -0.3 is 9.15 Å². The lowest BCUT2D eigenvalue weighted by molar-refractivity contribution is 0.225.